The van der Waals surface area contributed by atoms with Gasteiger partial charge in [-0.1, -0.05) is 48.5 Å². The molecule has 2 amide bonds. The van der Waals surface area contributed by atoms with Crippen LogP contribution in [0.2, 0.25) is 0 Å². The summed E-state index contributed by atoms with van der Waals surface area (Å²) in [5, 5.41) is 9.59. The number of rotatable bonds is 10. The summed E-state index contributed by atoms with van der Waals surface area (Å²) in [6, 6.07) is 21.1. The molecule has 3 N–H and O–H groups in total. The van der Waals surface area contributed by atoms with Crippen molar-refractivity contribution in [3.63, 3.8) is 0 Å². The first-order valence-corrected chi connectivity index (χ1v) is 11.6. The zero-order valence-electron chi connectivity index (χ0n) is 18.4. The summed E-state index contributed by atoms with van der Waals surface area (Å²) < 4.78 is 7.47. The Morgan fingerprint density at radius 3 is 2.62 bits per heavy atom. The van der Waals surface area contributed by atoms with Crippen LogP contribution in [0.4, 0.5) is 5.69 Å². The van der Waals surface area contributed by atoms with Crippen molar-refractivity contribution in [3.05, 3.63) is 95.5 Å². The number of anilines is 1. The normalized spacial score (nSPS) is 10.9. The zero-order valence-corrected chi connectivity index (χ0v) is 19.2. The van der Waals surface area contributed by atoms with Gasteiger partial charge in [0.15, 0.2) is 0 Å². The van der Waals surface area contributed by atoms with E-state index in [4.69, 9.17) is 15.6 Å². The highest BCUT2D eigenvalue weighted by molar-refractivity contribution is 7.13. The van der Waals surface area contributed by atoms with Crippen LogP contribution in [0.3, 0.4) is 0 Å². The van der Waals surface area contributed by atoms with E-state index in [9.17, 15) is 9.59 Å². The fraction of sp³-hybridized carbons (Fsp3) is 0.115. The summed E-state index contributed by atoms with van der Waals surface area (Å²) in [5.41, 5.74) is 8.49. The second kappa shape index (κ2) is 11.1. The maximum atomic E-state index is 12.7. The number of para-hydroxylation sites is 2. The van der Waals surface area contributed by atoms with Crippen molar-refractivity contribution in [2.75, 3.05) is 11.9 Å². The highest BCUT2D eigenvalue weighted by atomic mass is 32.1. The lowest BCUT2D eigenvalue weighted by Gasteiger charge is -2.10. The monoisotopic (exact) mass is 472 g/mol. The number of hydrogen-bond donors (Lipinski definition) is 2. The fourth-order valence-corrected chi connectivity index (χ4v) is 4.04. The maximum absolute atomic E-state index is 12.7. The molecule has 0 unspecified atom stereocenters. The van der Waals surface area contributed by atoms with Gasteiger partial charge in [-0.3, -0.25) is 14.3 Å². The average molecular weight is 473 g/mol. The third kappa shape index (κ3) is 6.20. The number of nitrogens with one attached hydrogen (secondary N) is 1. The second-order valence-electron chi connectivity index (χ2n) is 7.48. The Morgan fingerprint density at radius 2 is 1.85 bits per heavy atom. The van der Waals surface area contributed by atoms with Gasteiger partial charge in [-0.15, -0.1) is 11.3 Å². The van der Waals surface area contributed by atoms with E-state index in [1.165, 1.54) is 6.08 Å². The summed E-state index contributed by atoms with van der Waals surface area (Å²) in [6.45, 7) is 0.776. The number of carbonyl (C=O) groups is 2. The van der Waals surface area contributed by atoms with E-state index in [1.54, 1.807) is 41.7 Å². The molecule has 8 heteroatoms. The van der Waals surface area contributed by atoms with Crippen LogP contribution in [0.5, 0.6) is 5.75 Å². The van der Waals surface area contributed by atoms with Gasteiger partial charge in [0.05, 0.1) is 30.1 Å². The van der Waals surface area contributed by atoms with E-state index in [0.717, 1.165) is 21.7 Å². The Balaban J connectivity index is 1.50. The van der Waals surface area contributed by atoms with Gasteiger partial charge >= 0.3 is 0 Å². The number of amides is 2. The van der Waals surface area contributed by atoms with Crippen LogP contribution in [0.15, 0.2) is 84.4 Å². The second-order valence-corrected chi connectivity index (χ2v) is 8.42. The molecule has 0 atom stereocenters. The standard InChI is InChI=1S/C26H24N4O3S/c27-24(31)14-15-33-22-10-5-4-9-21(22)28-25(32)13-12-20-18-30(17-19-7-2-1-3-8-19)29-26(20)23-11-6-16-34-23/h1-13,16,18H,14-15,17H2,(H2,27,31)(H,28,32)/b13-12+. The van der Waals surface area contributed by atoms with Crippen molar-refractivity contribution < 1.29 is 14.3 Å². The van der Waals surface area contributed by atoms with E-state index < -0.39 is 5.91 Å². The first kappa shape index (κ1) is 23.0. The number of aromatic nitrogens is 2. The highest BCUT2D eigenvalue weighted by Crippen LogP contribution is 2.28. The summed E-state index contributed by atoms with van der Waals surface area (Å²) in [4.78, 5) is 24.6. The Morgan fingerprint density at radius 1 is 1.06 bits per heavy atom. The quantitative estimate of drug-likeness (QED) is 0.330. The van der Waals surface area contributed by atoms with Gasteiger partial charge in [-0.05, 0) is 35.2 Å². The molecule has 7 nitrogen and oxygen atoms in total. The molecule has 0 spiro atoms. The fourth-order valence-electron chi connectivity index (χ4n) is 3.31. The largest absolute Gasteiger partial charge is 0.491 e. The van der Waals surface area contributed by atoms with Crippen LogP contribution in [0, 0.1) is 0 Å². The molecule has 0 aliphatic carbocycles. The Hall–Kier alpha value is -4.17. The lowest BCUT2D eigenvalue weighted by Crippen LogP contribution is -2.15. The van der Waals surface area contributed by atoms with E-state index in [0.29, 0.717) is 18.0 Å². The van der Waals surface area contributed by atoms with Gasteiger partial charge in [0.2, 0.25) is 11.8 Å². The number of nitrogens with two attached hydrogens (primary N) is 1. The number of primary amides is 1. The number of carbonyl (C=O) groups excluding carboxylic acids is 2. The summed E-state index contributed by atoms with van der Waals surface area (Å²) >= 11 is 1.60. The SMILES string of the molecule is NC(=O)CCOc1ccccc1NC(=O)/C=C/c1cn(Cc2ccccc2)nc1-c1cccs1. The number of thiophene rings is 1. The molecular weight excluding hydrogens is 448 g/mol. The predicted molar refractivity (Wildman–Crippen MR) is 134 cm³/mol. The van der Waals surface area contributed by atoms with Crippen LogP contribution in [0.25, 0.3) is 16.6 Å². The number of benzene rings is 2. The lowest BCUT2D eigenvalue weighted by molar-refractivity contribution is -0.118. The molecule has 2 aromatic carbocycles. The van der Waals surface area contributed by atoms with Gasteiger partial charge in [0, 0.05) is 17.8 Å². The van der Waals surface area contributed by atoms with Crippen LogP contribution < -0.4 is 15.8 Å². The number of hydrogen-bond acceptors (Lipinski definition) is 5. The highest BCUT2D eigenvalue weighted by Gasteiger charge is 2.12. The molecule has 0 saturated carbocycles. The van der Waals surface area contributed by atoms with Crippen molar-refractivity contribution in [2.45, 2.75) is 13.0 Å². The van der Waals surface area contributed by atoms with Gasteiger partial charge in [-0.2, -0.15) is 5.10 Å². The summed E-state index contributed by atoms with van der Waals surface area (Å²) in [6.07, 6.45) is 5.27. The van der Waals surface area contributed by atoms with Crippen LogP contribution in [-0.4, -0.2) is 28.2 Å². The van der Waals surface area contributed by atoms with Crippen molar-refractivity contribution in [1.82, 2.24) is 9.78 Å². The average Bonchev–Trinajstić information content (AvgIpc) is 3.49. The molecule has 2 aromatic heterocycles. The molecule has 0 radical (unpaired) electrons. The smallest absolute Gasteiger partial charge is 0.248 e. The molecule has 0 saturated heterocycles. The molecule has 0 aliphatic rings. The minimum atomic E-state index is -0.446. The van der Waals surface area contributed by atoms with Crippen LogP contribution >= 0.6 is 11.3 Å². The molecule has 0 aliphatic heterocycles. The Bertz CT molecular complexity index is 1280. The van der Waals surface area contributed by atoms with Crippen LogP contribution in [-0.2, 0) is 16.1 Å². The molecule has 34 heavy (non-hydrogen) atoms. The van der Waals surface area contributed by atoms with Gasteiger partial charge in [-0.25, -0.2) is 0 Å². The first-order chi connectivity index (χ1) is 16.6. The molecule has 172 valence electrons. The van der Waals surface area contributed by atoms with Crippen molar-refractivity contribution in [2.24, 2.45) is 5.73 Å². The Kier molecular flexibility index (Phi) is 7.52. The lowest BCUT2D eigenvalue weighted by atomic mass is 10.2. The molecular formula is C26H24N4O3S. The topological polar surface area (TPSA) is 99.2 Å². The van der Waals surface area contributed by atoms with Gasteiger partial charge < -0.3 is 15.8 Å². The predicted octanol–water partition coefficient (Wildman–Crippen LogP) is 4.57. The van der Waals surface area contributed by atoms with Crippen molar-refractivity contribution in [1.29, 1.82) is 0 Å². The molecule has 2 heterocycles. The first-order valence-electron chi connectivity index (χ1n) is 10.7. The zero-order chi connectivity index (χ0) is 23.8. The van der Waals surface area contributed by atoms with Crippen LogP contribution in [0.1, 0.15) is 17.5 Å². The van der Waals surface area contributed by atoms with Gasteiger partial charge in [0.1, 0.15) is 11.4 Å². The Labute approximate surface area is 201 Å². The summed E-state index contributed by atoms with van der Waals surface area (Å²) in [7, 11) is 0. The van der Waals surface area contributed by atoms with Crippen molar-refractivity contribution in [3.8, 4) is 16.3 Å². The number of ether oxygens (including phenoxy) is 1. The third-order valence-electron chi connectivity index (χ3n) is 4.90. The molecule has 0 fully saturated rings. The van der Waals surface area contributed by atoms with Crippen molar-refractivity contribution >= 4 is 34.9 Å². The minimum absolute atomic E-state index is 0.0979. The minimum Gasteiger partial charge on any atom is -0.491 e. The number of nitrogens with zero attached hydrogens (tertiary/aromatic N) is 2. The molecule has 4 rings (SSSR count). The summed E-state index contributed by atoms with van der Waals surface area (Å²) in [5.74, 6) is -0.279. The van der Waals surface area contributed by atoms with E-state index in [2.05, 4.69) is 17.4 Å². The molecule has 0 bridgehead atoms. The third-order valence-corrected chi connectivity index (χ3v) is 5.77. The maximum Gasteiger partial charge on any atom is 0.248 e. The van der Waals surface area contributed by atoms with Gasteiger partial charge in [0.25, 0.3) is 0 Å². The van der Waals surface area contributed by atoms with E-state index in [1.807, 2.05) is 46.6 Å². The molecule has 4 aromatic rings. The van der Waals surface area contributed by atoms with E-state index in [-0.39, 0.29) is 18.9 Å². The van der Waals surface area contributed by atoms with E-state index >= 15 is 0 Å².